The SMILES string of the molecule is C=CCN(C)CC=C.C=CCN(C)CC=C.CCCC.Cl.Cl. The molecule has 0 aromatic heterocycles. The van der Waals surface area contributed by atoms with E-state index in [4.69, 9.17) is 0 Å². The lowest BCUT2D eigenvalue weighted by Crippen LogP contribution is -2.17. The number of halogens is 2. The van der Waals surface area contributed by atoms with E-state index in [1.165, 1.54) is 12.8 Å². The Morgan fingerprint density at radius 2 is 0.773 bits per heavy atom. The Balaban J connectivity index is -0.0000000661. The first-order chi connectivity index (χ1) is 9.53. The van der Waals surface area contributed by atoms with Crippen molar-refractivity contribution >= 4 is 24.8 Å². The van der Waals surface area contributed by atoms with Crippen LogP contribution < -0.4 is 0 Å². The van der Waals surface area contributed by atoms with Crippen LogP contribution >= 0.6 is 24.8 Å². The van der Waals surface area contributed by atoms with Crippen LogP contribution in [0.1, 0.15) is 26.7 Å². The summed E-state index contributed by atoms with van der Waals surface area (Å²) in [6.07, 6.45) is 10.2. The van der Waals surface area contributed by atoms with Gasteiger partial charge in [-0.2, -0.15) is 0 Å². The number of hydrogen-bond acceptors (Lipinski definition) is 2. The predicted molar refractivity (Wildman–Crippen MR) is 111 cm³/mol. The summed E-state index contributed by atoms with van der Waals surface area (Å²) < 4.78 is 0. The van der Waals surface area contributed by atoms with Crippen LogP contribution in [-0.4, -0.2) is 50.1 Å². The molecule has 0 unspecified atom stereocenters. The summed E-state index contributed by atoms with van der Waals surface area (Å²) in [5, 5.41) is 0. The Bertz CT molecular complexity index is 187. The summed E-state index contributed by atoms with van der Waals surface area (Å²) in [6.45, 7) is 22.5. The number of nitrogens with zero attached hydrogens (tertiary/aromatic N) is 2. The van der Waals surface area contributed by atoms with E-state index >= 15 is 0 Å². The Morgan fingerprint density at radius 3 is 0.864 bits per heavy atom. The van der Waals surface area contributed by atoms with Gasteiger partial charge in [-0.3, -0.25) is 9.80 Å². The van der Waals surface area contributed by atoms with Gasteiger partial charge in [-0.1, -0.05) is 51.0 Å². The smallest absolute Gasteiger partial charge is 0.0160 e. The summed E-state index contributed by atoms with van der Waals surface area (Å²) in [5.41, 5.74) is 0. The van der Waals surface area contributed by atoms with Crippen LogP contribution in [0.5, 0.6) is 0 Å². The Labute approximate surface area is 152 Å². The van der Waals surface area contributed by atoms with Gasteiger partial charge in [-0.15, -0.1) is 51.1 Å². The molecule has 0 aliphatic heterocycles. The van der Waals surface area contributed by atoms with Crippen LogP contribution in [0, 0.1) is 0 Å². The molecule has 0 atom stereocenters. The first-order valence-corrected chi connectivity index (χ1v) is 7.34. The third-order valence-corrected chi connectivity index (χ3v) is 2.26. The van der Waals surface area contributed by atoms with Gasteiger partial charge in [-0.05, 0) is 14.1 Å². The summed E-state index contributed by atoms with van der Waals surface area (Å²) in [6, 6.07) is 0. The zero-order valence-electron chi connectivity index (χ0n) is 15.1. The molecular weight excluding hydrogens is 315 g/mol. The molecule has 0 aromatic carbocycles. The average molecular weight is 353 g/mol. The summed E-state index contributed by atoms with van der Waals surface area (Å²) in [4.78, 5) is 4.25. The monoisotopic (exact) mass is 352 g/mol. The topological polar surface area (TPSA) is 6.48 Å². The number of likely N-dealkylation sites (N-methyl/N-ethyl adjacent to an activating group) is 2. The number of hydrogen-bond donors (Lipinski definition) is 0. The minimum absolute atomic E-state index is 0. The van der Waals surface area contributed by atoms with Crippen LogP contribution in [0.25, 0.3) is 0 Å². The van der Waals surface area contributed by atoms with Crippen molar-refractivity contribution < 1.29 is 0 Å². The van der Waals surface area contributed by atoms with Gasteiger partial charge in [0.2, 0.25) is 0 Å². The zero-order valence-corrected chi connectivity index (χ0v) is 16.7. The molecule has 0 radical (unpaired) electrons. The summed E-state index contributed by atoms with van der Waals surface area (Å²) in [5.74, 6) is 0. The van der Waals surface area contributed by atoms with Gasteiger partial charge >= 0.3 is 0 Å². The Hall–Kier alpha value is -0.540. The van der Waals surface area contributed by atoms with Gasteiger partial charge in [0.15, 0.2) is 0 Å². The normalized spacial score (nSPS) is 8.09. The van der Waals surface area contributed by atoms with Gasteiger partial charge in [0.25, 0.3) is 0 Å². The molecule has 0 heterocycles. The van der Waals surface area contributed by atoms with E-state index in [0.29, 0.717) is 0 Å². The van der Waals surface area contributed by atoms with Crippen LogP contribution in [-0.2, 0) is 0 Å². The minimum atomic E-state index is 0. The molecule has 134 valence electrons. The van der Waals surface area contributed by atoms with Crippen molar-refractivity contribution in [2.75, 3.05) is 40.3 Å². The molecule has 0 saturated carbocycles. The molecule has 0 aliphatic carbocycles. The fourth-order valence-electron chi connectivity index (χ4n) is 1.03. The van der Waals surface area contributed by atoms with Gasteiger partial charge in [0.1, 0.15) is 0 Å². The van der Waals surface area contributed by atoms with Crippen LogP contribution in [0.15, 0.2) is 50.6 Å². The van der Waals surface area contributed by atoms with E-state index in [2.05, 4.69) is 50.0 Å². The summed E-state index contributed by atoms with van der Waals surface area (Å²) >= 11 is 0. The maximum atomic E-state index is 3.61. The number of unbranched alkanes of at least 4 members (excludes halogenated alkanes) is 1. The maximum Gasteiger partial charge on any atom is 0.0160 e. The van der Waals surface area contributed by atoms with E-state index in [0.717, 1.165) is 26.2 Å². The fraction of sp³-hybridized carbons (Fsp3) is 0.556. The highest BCUT2D eigenvalue weighted by Gasteiger charge is 1.86. The highest BCUT2D eigenvalue weighted by molar-refractivity contribution is 5.85. The number of rotatable bonds is 9. The lowest BCUT2D eigenvalue weighted by molar-refractivity contribution is 0.413. The lowest BCUT2D eigenvalue weighted by Gasteiger charge is -2.09. The van der Waals surface area contributed by atoms with Crippen LogP contribution in [0.3, 0.4) is 0 Å². The average Bonchev–Trinajstić information content (AvgIpc) is 2.41. The third kappa shape index (κ3) is 42.7. The predicted octanol–water partition coefficient (Wildman–Crippen LogP) is 5.23. The standard InChI is InChI=1S/2C7H13N.C4H10.2ClH/c2*1-4-6-8(3)7-5-2;1-3-4-2;;/h2*4-5H,1-2,6-7H2,3H3;3-4H2,1-2H3;2*1H. The first-order valence-electron chi connectivity index (χ1n) is 7.34. The zero-order chi connectivity index (χ0) is 16.2. The maximum absolute atomic E-state index is 3.61. The largest absolute Gasteiger partial charge is 0.299 e. The molecule has 0 fully saturated rings. The van der Waals surface area contributed by atoms with Crippen molar-refractivity contribution in [2.45, 2.75) is 26.7 Å². The summed E-state index contributed by atoms with van der Waals surface area (Å²) in [7, 11) is 4.06. The molecule has 22 heavy (non-hydrogen) atoms. The molecule has 0 rings (SSSR count). The van der Waals surface area contributed by atoms with Crippen molar-refractivity contribution in [3.8, 4) is 0 Å². The molecule has 2 nitrogen and oxygen atoms in total. The molecule has 0 bridgehead atoms. The highest BCUT2D eigenvalue weighted by Crippen LogP contribution is 1.80. The third-order valence-electron chi connectivity index (χ3n) is 2.26. The molecular formula is C18H38Cl2N2. The van der Waals surface area contributed by atoms with E-state index in [-0.39, 0.29) is 24.8 Å². The molecule has 0 saturated heterocycles. The fourth-order valence-corrected chi connectivity index (χ4v) is 1.03. The van der Waals surface area contributed by atoms with E-state index in [1.807, 2.05) is 38.4 Å². The van der Waals surface area contributed by atoms with E-state index < -0.39 is 0 Å². The Kier molecular flexibility index (Phi) is 48.9. The van der Waals surface area contributed by atoms with E-state index in [9.17, 15) is 0 Å². The highest BCUT2D eigenvalue weighted by atomic mass is 35.5. The van der Waals surface area contributed by atoms with Crippen molar-refractivity contribution in [2.24, 2.45) is 0 Å². The van der Waals surface area contributed by atoms with Gasteiger partial charge in [-0.25, -0.2) is 0 Å². The molecule has 0 N–H and O–H groups in total. The van der Waals surface area contributed by atoms with Crippen LogP contribution in [0.4, 0.5) is 0 Å². The first kappa shape index (κ1) is 33.2. The van der Waals surface area contributed by atoms with Crippen LogP contribution in [0.2, 0.25) is 0 Å². The minimum Gasteiger partial charge on any atom is -0.299 e. The molecule has 0 aliphatic rings. The second-order valence-electron chi connectivity index (χ2n) is 4.60. The van der Waals surface area contributed by atoms with Crippen molar-refractivity contribution in [1.82, 2.24) is 9.80 Å². The second kappa shape index (κ2) is 32.4. The van der Waals surface area contributed by atoms with Crippen molar-refractivity contribution in [1.29, 1.82) is 0 Å². The van der Waals surface area contributed by atoms with Gasteiger partial charge in [0.05, 0.1) is 0 Å². The van der Waals surface area contributed by atoms with E-state index in [1.54, 1.807) is 0 Å². The molecule has 4 heteroatoms. The van der Waals surface area contributed by atoms with Gasteiger partial charge < -0.3 is 0 Å². The molecule has 0 amide bonds. The van der Waals surface area contributed by atoms with Crippen molar-refractivity contribution in [3.63, 3.8) is 0 Å². The molecule has 0 spiro atoms. The van der Waals surface area contributed by atoms with Gasteiger partial charge in [0, 0.05) is 26.2 Å². The Morgan fingerprint density at radius 1 is 0.591 bits per heavy atom. The second-order valence-corrected chi connectivity index (χ2v) is 4.60. The van der Waals surface area contributed by atoms with Crippen molar-refractivity contribution in [3.05, 3.63) is 50.6 Å². The quantitative estimate of drug-likeness (QED) is 0.524. The molecule has 0 aromatic rings. The lowest BCUT2D eigenvalue weighted by atomic mass is 10.4.